The van der Waals surface area contributed by atoms with E-state index in [1.54, 1.807) is 31.2 Å². The van der Waals surface area contributed by atoms with Gasteiger partial charge >= 0.3 is 77.6 Å². The van der Waals surface area contributed by atoms with Crippen LogP contribution in [0.25, 0.3) is 0 Å². The Morgan fingerprint density at radius 2 is 0.488 bits per heavy atom. The van der Waals surface area contributed by atoms with E-state index >= 15 is 0 Å². The Labute approximate surface area is 757 Å². The van der Waals surface area contributed by atoms with Crippen LogP contribution in [0.2, 0.25) is 0 Å². The number of rotatable bonds is 82. The molecule has 1 aliphatic carbocycles. The fourth-order valence-corrected chi connectivity index (χ4v) is 14.0. The molecule has 0 aromatic heterocycles. The second kappa shape index (κ2) is 78.2. The summed E-state index contributed by atoms with van der Waals surface area (Å²) in [5.41, 5.74) is 2.15. The minimum absolute atomic E-state index is 0.223. The number of carbonyl (C=O) groups excluding carboxylic acids is 13. The molecule has 0 aliphatic heterocycles. The summed E-state index contributed by atoms with van der Waals surface area (Å²) in [6.07, 6.45) is 39.0. The van der Waals surface area contributed by atoms with Crippen molar-refractivity contribution in [1.29, 1.82) is 0 Å². The van der Waals surface area contributed by atoms with E-state index in [-0.39, 0.29) is 170 Å². The van der Waals surface area contributed by atoms with Crippen molar-refractivity contribution in [1.82, 2.24) is 0 Å². The quantitative estimate of drug-likeness (QED) is 0.0195. The van der Waals surface area contributed by atoms with Crippen LogP contribution in [0.4, 0.5) is 0 Å². The number of unbranched alkanes of at least 4 members (excludes halogenated alkanes) is 27. The molecule has 0 amide bonds. The average Bonchev–Trinajstić information content (AvgIpc) is 0.843. The van der Waals surface area contributed by atoms with Crippen molar-refractivity contribution >= 4 is 77.6 Å². The van der Waals surface area contributed by atoms with Crippen LogP contribution in [-0.4, -0.2) is 163 Å². The first-order valence-electron chi connectivity index (χ1n) is 48.4. The highest BCUT2D eigenvalue weighted by Crippen LogP contribution is 2.38. The summed E-state index contributed by atoms with van der Waals surface area (Å²) in [4.78, 5) is 158. The van der Waals surface area contributed by atoms with Crippen molar-refractivity contribution in [2.24, 2.45) is 5.92 Å². The third-order valence-electron chi connectivity index (χ3n) is 21.8. The second-order valence-corrected chi connectivity index (χ2v) is 33.2. The number of benzene rings is 2. The lowest BCUT2D eigenvalue weighted by molar-refractivity contribution is -0.146. The van der Waals surface area contributed by atoms with Gasteiger partial charge in [-0.1, -0.05) is 51.3 Å². The van der Waals surface area contributed by atoms with E-state index < -0.39 is 11.9 Å². The molecule has 0 N–H and O–H groups in total. The van der Waals surface area contributed by atoms with Crippen LogP contribution in [0.15, 0.2) is 60.7 Å². The lowest BCUT2D eigenvalue weighted by atomic mass is 9.77. The molecule has 0 heterocycles. The summed E-state index contributed by atoms with van der Waals surface area (Å²) in [5, 5.41) is 0. The molecule has 0 atom stereocenters. The number of esters is 13. The minimum atomic E-state index is -0.412. The van der Waals surface area contributed by atoms with Crippen molar-refractivity contribution in [2.45, 2.75) is 379 Å². The van der Waals surface area contributed by atoms with Gasteiger partial charge in [0.2, 0.25) is 0 Å². The summed E-state index contributed by atoms with van der Waals surface area (Å²) in [6, 6.07) is 15.0. The van der Waals surface area contributed by atoms with Crippen molar-refractivity contribution in [2.75, 3.05) is 85.9 Å². The van der Waals surface area contributed by atoms with E-state index in [2.05, 4.69) is 25.6 Å². The van der Waals surface area contributed by atoms with Crippen molar-refractivity contribution in [3.05, 3.63) is 71.8 Å². The molecule has 1 saturated carbocycles. The maximum absolute atomic E-state index is 12.9. The number of hydrogen-bond donors (Lipinski definition) is 0. The minimum Gasteiger partial charge on any atom is -0.494 e. The highest BCUT2D eigenvalue weighted by Gasteiger charge is 2.23. The topological polar surface area (TPSA) is 351 Å². The predicted octanol–water partition coefficient (Wildman–Crippen LogP) is 21.0. The third-order valence-corrected chi connectivity index (χ3v) is 21.8. The molecule has 1 fully saturated rings. The van der Waals surface area contributed by atoms with Crippen molar-refractivity contribution < 1.29 is 129 Å². The van der Waals surface area contributed by atoms with E-state index in [0.717, 1.165) is 63.7 Å². The van der Waals surface area contributed by atoms with E-state index in [1.807, 2.05) is 12.1 Å². The number of hydrogen-bond acceptors (Lipinski definition) is 27. The molecule has 27 nitrogen and oxygen atoms in total. The van der Waals surface area contributed by atoms with Gasteiger partial charge in [0.15, 0.2) is 0 Å². The third kappa shape index (κ3) is 67.0. The van der Waals surface area contributed by atoms with Gasteiger partial charge in [-0.2, -0.15) is 0 Å². The Balaban J connectivity index is 0.950. The fourth-order valence-electron chi connectivity index (χ4n) is 14.0. The van der Waals surface area contributed by atoms with E-state index in [0.29, 0.717) is 261 Å². The zero-order chi connectivity index (χ0) is 91.9. The highest BCUT2D eigenvalue weighted by atomic mass is 16.6. The predicted molar refractivity (Wildman–Crippen MR) is 480 cm³/mol. The van der Waals surface area contributed by atoms with Crippen molar-refractivity contribution in [3.8, 4) is 11.5 Å². The van der Waals surface area contributed by atoms with Gasteiger partial charge in [-0.3, -0.25) is 52.7 Å². The molecule has 1 aliphatic rings. The Morgan fingerprint density at radius 1 is 0.260 bits per heavy atom. The lowest BCUT2D eigenvalue weighted by Crippen LogP contribution is -2.13. The van der Waals surface area contributed by atoms with Gasteiger partial charge < -0.3 is 66.3 Å². The van der Waals surface area contributed by atoms with Gasteiger partial charge in [-0.05, 0) is 324 Å². The molecular weight excluding hydrogens is 1630 g/mol. The smallest absolute Gasteiger partial charge is 0.343 e. The first kappa shape index (κ1) is 112. The molecular formula is C100H156O27. The maximum atomic E-state index is 12.9. The van der Waals surface area contributed by atoms with Gasteiger partial charge in [0.05, 0.1) is 91.5 Å². The number of carbonyl (C=O) groups is 13. The lowest BCUT2D eigenvalue weighted by Gasteiger charge is -2.29. The van der Waals surface area contributed by atoms with E-state index in [1.165, 1.54) is 56.9 Å². The Hall–Kier alpha value is -8.91. The van der Waals surface area contributed by atoms with Crippen LogP contribution in [0.5, 0.6) is 11.5 Å². The van der Waals surface area contributed by atoms with Crippen LogP contribution >= 0.6 is 0 Å². The van der Waals surface area contributed by atoms with Crippen LogP contribution in [0, 0.1) is 5.92 Å². The monoisotopic (exact) mass is 1790 g/mol. The van der Waals surface area contributed by atoms with Gasteiger partial charge in [0.25, 0.3) is 0 Å². The van der Waals surface area contributed by atoms with Gasteiger partial charge in [-0.15, -0.1) is 0 Å². The van der Waals surface area contributed by atoms with Gasteiger partial charge in [-0.25, -0.2) is 9.59 Å². The summed E-state index contributed by atoms with van der Waals surface area (Å²) < 4.78 is 75.1. The molecule has 0 saturated heterocycles. The van der Waals surface area contributed by atoms with Crippen molar-refractivity contribution in [3.63, 3.8) is 0 Å². The van der Waals surface area contributed by atoms with Crippen LogP contribution in [-0.2, 0) is 114 Å². The Kier molecular flexibility index (Phi) is 69.1. The normalized spacial score (nSPS) is 12.8. The van der Waals surface area contributed by atoms with Crippen LogP contribution in [0.3, 0.4) is 0 Å². The Bertz CT molecular complexity index is 3320. The second-order valence-electron chi connectivity index (χ2n) is 33.2. The molecule has 0 radical (unpaired) electrons. The molecule has 27 heteroatoms. The standard InChI is InChI=1S/C100H156O27/c1-4-5-19-44-82-56-58-83(59-57-82)84-60-66-87(67-61-84)127-100(113)85-62-64-86(65-63-85)114-68-31-6-7-32-69-115-88(101)45-20-8-33-70-116-89(102)46-21-9-34-71-117-90(103)47-22-10-35-72-118-91(104)48-23-11-36-73-119-92(105)49-24-12-37-74-120-93(106)50-25-13-38-75-121-94(107)51-26-14-39-76-122-95(108)52-27-15-40-77-123-96(109)53-28-16-41-78-124-97(110)54-29-17-42-79-125-98(111)55-30-18-43-80-126-99(112)81(2)3/h60-67,82-83H,2,4-59,68-80H2,1,3H3/t82-,83-. The van der Waals surface area contributed by atoms with E-state index in [9.17, 15) is 62.3 Å². The first-order valence-corrected chi connectivity index (χ1v) is 48.4. The zero-order valence-corrected chi connectivity index (χ0v) is 77.3. The summed E-state index contributed by atoms with van der Waals surface area (Å²) in [5.74, 6) is -1.15. The zero-order valence-electron chi connectivity index (χ0n) is 77.3. The highest BCUT2D eigenvalue weighted by molar-refractivity contribution is 5.91. The SMILES string of the molecule is C=C(C)C(=O)OCCCCCC(=O)OCCCCCC(=O)OCCCCCC(=O)OCCCCCC(=O)OCCCCCC(=O)OCCCCCC(=O)OCCCCCC(=O)OCCCCCC(=O)OCCCCCC(=O)OCCCCCC(=O)OCCCCCC(=O)OCCCCCCOc1ccc(C(=O)Oc2ccc([C@H]3CC[C@H](CCCCC)CC3)cc2)cc1. The molecule has 127 heavy (non-hydrogen) atoms. The van der Waals surface area contributed by atoms with E-state index in [4.69, 9.17) is 66.3 Å². The molecule has 2 aromatic rings. The van der Waals surface area contributed by atoms with Gasteiger partial charge in [0.1, 0.15) is 11.5 Å². The summed E-state index contributed by atoms with van der Waals surface area (Å²) in [7, 11) is 0. The summed E-state index contributed by atoms with van der Waals surface area (Å²) in [6.45, 7) is 11.4. The van der Waals surface area contributed by atoms with Crippen LogP contribution < -0.4 is 9.47 Å². The Morgan fingerprint density at radius 3 is 0.732 bits per heavy atom. The molecule has 0 spiro atoms. The maximum Gasteiger partial charge on any atom is 0.343 e. The summed E-state index contributed by atoms with van der Waals surface area (Å²) >= 11 is 0. The molecule has 718 valence electrons. The van der Waals surface area contributed by atoms with Crippen LogP contribution in [0.1, 0.15) is 395 Å². The average molecular weight is 1790 g/mol. The van der Waals surface area contributed by atoms with Gasteiger partial charge in [0, 0.05) is 76.2 Å². The molecule has 0 bridgehead atoms. The molecule has 0 unspecified atom stereocenters. The molecule has 3 rings (SSSR count). The fraction of sp³-hybridized carbons (Fsp3) is 0.730. The number of ether oxygens (including phenoxy) is 14. The first-order chi connectivity index (χ1) is 61.8. The largest absolute Gasteiger partial charge is 0.494 e. The molecule has 2 aromatic carbocycles.